The van der Waals surface area contributed by atoms with Crippen LogP contribution < -0.4 is 14.8 Å². The summed E-state index contributed by atoms with van der Waals surface area (Å²) < 4.78 is 15.7. The van der Waals surface area contributed by atoms with Gasteiger partial charge in [-0.2, -0.15) is 0 Å². The van der Waals surface area contributed by atoms with E-state index in [2.05, 4.69) is 10.3 Å². The van der Waals surface area contributed by atoms with Crippen molar-refractivity contribution in [3.8, 4) is 11.5 Å². The SMILES string of the molecule is CC(=O)c1c(C)[nH]c(C(=O)OC(C)C(=O)Nc2ccc3c(c2)OCO3)c1C. The molecule has 2 aromatic rings. The maximum Gasteiger partial charge on any atom is 0.355 e. The molecule has 142 valence electrons. The van der Waals surface area contributed by atoms with Crippen molar-refractivity contribution in [1.82, 2.24) is 4.98 Å². The number of rotatable bonds is 5. The van der Waals surface area contributed by atoms with E-state index in [9.17, 15) is 14.4 Å². The van der Waals surface area contributed by atoms with E-state index in [1.165, 1.54) is 13.8 Å². The molecule has 8 heteroatoms. The Hall–Kier alpha value is -3.29. The molecule has 0 saturated heterocycles. The Labute approximate surface area is 155 Å². The van der Waals surface area contributed by atoms with Crippen LogP contribution in [-0.2, 0) is 9.53 Å². The summed E-state index contributed by atoms with van der Waals surface area (Å²) in [5, 5.41) is 2.66. The predicted molar refractivity (Wildman–Crippen MR) is 96.3 cm³/mol. The Morgan fingerprint density at radius 2 is 1.89 bits per heavy atom. The van der Waals surface area contributed by atoms with Gasteiger partial charge in [-0.1, -0.05) is 0 Å². The van der Waals surface area contributed by atoms with Gasteiger partial charge in [-0.05, 0) is 45.4 Å². The van der Waals surface area contributed by atoms with E-state index >= 15 is 0 Å². The molecular weight excluding hydrogens is 352 g/mol. The van der Waals surface area contributed by atoms with Crippen LogP contribution in [0.2, 0.25) is 0 Å². The van der Waals surface area contributed by atoms with Gasteiger partial charge in [0.05, 0.1) is 0 Å². The molecular formula is C19H20N2O6. The van der Waals surface area contributed by atoms with Crippen molar-refractivity contribution < 1.29 is 28.6 Å². The fourth-order valence-corrected chi connectivity index (χ4v) is 2.97. The van der Waals surface area contributed by atoms with Gasteiger partial charge in [-0.3, -0.25) is 9.59 Å². The largest absolute Gasteiger partial charge is 0.454 e. The smallest absolute Gasteiger partial charge is 0.355 e. The van der Waals surface area contributed by atoms with Crippen molar-refractivity contribution in [2.45, 2.75) is 33.8 Å². The second-order valence-corrected chi connectivity index (χ2v) is 6.29. The van der Waals surface area contributed by atoms with Gasteiger partial charge in [0.25, 0.3) is 5.91 Å². The fourth-order valence-electron chi connectivity index (χ4n) is 2.97. The van der Waals surface area contributed by atoms with Crippen molar-refractivity contribution in [1.29, 1.82) is 0 Å². The number of carbonyl (C=O) groups excluding carboxylic acids is 3. The first-order chi connectivity index (χ1) is 12.8. The number of amides is 1. The van der Waals surface area contributed by atoms with Crippen LogP contribution in [0, 0.1) is 13.8 Å². The third-order valence-electron chi connectivity index (χ3n) is 4.29. The number of anilines is 1. The molecule has 1 atom stereocenters. The van der Waals surface area contributed by atoms with Gasteiger partial charge in [-0.15, -0.1) is 0 Å². The highest BCUT2D eigenvalue weighted by Crippen LogP contribution is 2.34. The standard InChI is InChI=1S/C19H20N2O6/c1-9-16(11(3)22)10(2)20-17(9)19(24)27-12(4)18(23)21-13-5-6-14-15(7-13)26-8-25-14/h5-7,12,20H,8H2,1-4H3,(H,21,23). The Kier molecular flexibility index (Phi) is 4.89. The van der Waals surface area contributed by atoms with Crippen molar-refractivity contribution in [2.75, 3.05) is 12.1 Å². The van der Waals surface area contributed by atoms with Gasteiger partial charge in [0.15, 0.2) is 23.4 Å². The molecule has 0 bridgehead atoms. The minimum atomic E-state index is -1.04. The third kappa shape index (κ3) is 3.64. The number of aromatic nitrogens is 1. The van der Waals surface area contributed by atoms with E-state index in [1.807, 2.05) is 0 Å². The highest BCUT2D eigenvalue weighted by Gasteiger charge is 2.25. The third-order valence-corrected chi connectivity index (χ3v) is 4.29. The van der Waals surface area contributed by atoms with Crippen molar-refractivity contribution in [2.24, 2.45) is 0 Å². The number of aryl methyl sites for hydroxylation is 1. The number of carbonyl (C=O) groups is 3. The second kappa shape index (κ2) is 7.14. The number of fused-ring (bicyclic) bond motifs is 1. The lowest BCUT2D eigenvalue weighted by molar-refractivity contribution is -0.123. The van der Waals surface area contributed by atoms with Gasteiger partial charge in [0.1, 0.15) is 5.69 Å². The molecule has 0 saturated carbocycles. The molecule has 1 aromatic heterocycles. The van der Waals surface area contributed by atoms with Crippen LogP contribution in [0.25, 0.3) is 0 Å². The maximum absolute atomic E-state index is 12.4. The summed E-state index contributed by atoms with van der Waals surface area (Å²) in [6.07, 6.45) is -1.04. The number of H-pyrrole nitrogens is 1. The lowest BCUT2D eigenvalue weighted by Crippen LogP contribution is -2.30. The Balaban J connectivity index is 1.67. The number of esters is 1. The molecule has 0 aliphatic carbocycles. The first-order valence-electron chi connectivity index (χ1n) is 8.39. The lowest BCUT2D eigenvalue weighted by atomic mass is 10.1. The first-order valence-corrected chi connectivity index (χ1v) is 8.39. The average Bonchev–Trinajstić information content (AvgIpc) is 3.18. The molecule has 3 rings (SSSR count). The summed E-state index contributed by atoms with van der Waals surface area (Å²) in [6.45, 7) is 6.40. The summed E-state index contributed by atoms with van der Waals surface area (Å²) in [7, 11) is 0. The monoisotopic (exact) mass is 372 g/mol. The molecule has 2 heterocycles. The summed E-state index contributed by atoms with van der Waals surface area (Å²) >= 11 is 0. The number of benzene rings is 1. The van der Waals surface area contributed by atoms with Crippen LogP contribution >= 0.6 is 0 Å². The molecule has 1 aliphatic rings. The van der Waals surface area contributed by atoms with Crippen LogP contribution in [0.4, 0.5) is 5.69 Å². The fraction of sp³-hybridized carbons (Fsp3) is 0.316. The minimum absolute atomic E-state index is 0.137. The summed E-state index contributed by atoms with van der Waals surface area (Å²) in [5.74, 6) is -0.196. The number of hydrogen-bond acceptors (Lipinski definition) is 6. The minimum Gasteiger partial charge on any atom is -0.454 e. The van der Waals surface area contributed by atoms with Gasteiger partial charge in [0.2, 0.25) is 6.79 Å². The normalized spacial score (nSPS) is 13.2. The topological polar surface area (TPSA) is 107 Å². The zero-order valence-electron chi connectivity index (χ0n) is 15.5. The number of nitrogens with one attached hydrogen (secondary N) is 2. The molecule has 1 unspecified atom stereocenters. The molecule has 0 spiro atoms. The molecule has 27 heavy (non-hydrogen) atoms. The van der Waals surface area contributed by atoms with Crippen LogP contribution in [0.1, 0.15) is 46.0 Å². The zero-order chi connectivity index (χ0) is 19.7. The highest BCUT2D eigenvalue weighted by atomic mass is 16.7. The van der Waals surface area contributed by atoms with Gasteiger partial charge >= 0.3 is 5.97 Å². The van der Waals surface area contributed by atoms with Crippen molar-refractivity contribution in [3.05, 3.63) is 40.7 Å². The van der Waals surface area contributed by atoms with Crippen molar-refractivity contribution >= 4 is 23.3 Å². The molecule has 0 fully saturated rings. The molecule has 2 N–H and O–H groups in total. The predicted octanol–water partition coefficient (Wildman–Crippen LogP) is 2.75. The van der Waals surface area contributed by atoms with E-state index in [1.54, 1.807) is 32.0 Å². The van der Waals surface area contributed by atoms with Crippen molar-refractivity contribution in [3.63, 3.8) is 0 Å². The van der Waals surface area contributed by atoms with E-state index in [0.29, 0.717) is 34.0 Å². The number of Topliss-reactive ketones (excluding diaryl/α,β-unsaturated/α-hetero) is 1. The van der Waals surface area contributed by atoms with Gasteiger partial charge in [0, 0.05) is 23.0 Å². The Morgan fingerprint density at radius 3 is 2.56 bits per heavy atom. The maximum atomic E-state index is 12.4. The molecule has 0 radical (unpaired) electrons. The van der Waals surface area contributed by atoms with E-state index in [0.717, 1.165) is 0 Å². The number of ether oxygens (including phenoxy) is 3. The molecule has 8 nitrogen and oxygen atoms in total. The van der Waals surface area contributed by atoms with Crippen LogP contribution in [0.5, 0.6) is 11.5 Å². The van der Waals surface area contributed by atoms with E-state index in [4.69, 9.17) is 14.2 Å². The van der Waals surface area contributed by atoms with Gasteiger partial charge < -0.3 is 24.5 Å². The second-order valence-electron chi connectivity index (χ2n) is 6.29. The zero-order valence-corrected chi connectivity index (χ0v) is 15.5. The van der Waals surface area contributed by atoms with Gasteiger partial charge in [-0.25, -0.2) is 4.79 Å². The lowest BCUT2D eigenvalue weighted by Gasteiger charge is -2.13. The summed E-state index contributed by atoms with van der Waals surface area (Å²) in [5.41, 5.74) is 2.22. The van der Waals surface area contributed by atoms with Crippen LogP contribution in [-0.4, -0.2) is 35.5 Å². The Bertz CT molecular complexity index is 931. The van der Waals surface area contributed by atoms with E-state index < -0.39 is 18.0 Å². The van der Waals surface area contributed by atoms with Crippen LogP contribution in [0.15, 0.2) is 18.2 Å². The molecule has 1 aliphatic heterocycles. The average molecular weight is 372 g/mol. The van der Waals surface area contributed by atoms with E-state index in [-0.39, 0.29) is 18.3 Å². The number of hydrogen-bond donors (Lipinski definition) is 2. The summed E-state index contributed by atoms with van der Waals surface area (Å²) in [4.78, 5) is 39.3. The van der Waals surface area contributed by atoms with Crippen LogP contribution in [0.3, 0.4) is 0 Å². The Morgan fingerprint density at radius 1 is 1.19 bits per heavy atom. The summed E-state index contributed by atoms with van der Waals surface area (Å²) in [6, 6.07) is 4.98. The molecule has 1 amide bonds. The highest BCUT2D eigenvalue weighted by molar-refractivity contribution is 6.02. The number of ketones is 1. The molecule has 1 aromatic carbocycles. The number of aromatic amines is 1. The quantitative estimate of drug-likeness (QED) is 0.617. The first kappa shape index (κ1) is 18.5.